The molecule has 3 heteroatoms. The third-order valence-electron chi connectivity index (χ3n) is 2.32. The third-order valence-corrected chi connectivity index (χ3v) is 2.32. The number of anilines is 1. The molecule has 1 aromatic carbocycles. The summed E-state index contributed by atoms with van der Waals surface area (Å²) < 4.78 is 0. The first-order chi connectivity index (χ1) is 7.75. The van der Waals surface area contributed by atoms with Gasteiger partial charge in [0.05, 0.1) is 11.9 Å². The highest BCUT2D eigenvalue weighted by atomic mass is 16.3. The zero-order chi connectivity index (χ0) is 11.4. The van der Waals surface area contributed by atoms with Gasteiger partial charge in [-0.05, 0) is 19.1 Å². The lowest BCUT2D eigenvalue weighted by Crippen LogP contribution is -2.09. The van der Waals surface area contributed by atoms with Crippen molar-refractivity contribution >= 4 is 5.69 Å². The van der Waals surface area contributed by atoms with E-state index >= 15 is 0 Å². The first-order valence-corrected chi connectivity index (χ1v) is 5.17. The number of aliphatic hydroxyl groups is 1. The van der Waals surface area contributed by atoms with Gasteiger partial charge in [0, 0.05) is 11.8 Å². The van der Waals surface area contributed by atoms with Gasteiger partial charge in [0.2, 0.25) is 0 Å². The van der Waals surface area contributed by atoms with Gasteiger partial charge in [-0.1, -0.05) is 29.8 Å². The van der Waals surface area contributed by atoms with Crippen LogP contribution in [0.2, 0.25) is 0 Å². The summed E-state index contributed by atoms with van der Waals surface area (Å²) in [4.78, 5) is 3.98. The first kappa shape index (κ1) is 10.6. The minimum Gasteiger partial charge on any atom is -0.369 e. The van der Waals surface area contributed by atoms with E-state index in [1.54, 1.807) is 12.4 Å². The molecular weight excluding hydrogens is 200 g/mol. The summed E-state index contributed by atoms with van der Waals surface area (Å²) in [5.41, 5.74) is 2.78. The van der Waals surface area contributed by atoms with Crippen molar-refractivity contribution in [3.05, 3.63) is 59.9 Å². The highest BCUT2D eigenvalue weighted by Crippen LogP contribution is 2.17. The lowest BCUT2D eigenvalue weighted by atomic mass is 10.1. The number of hydrogen-bond donors (Lipinski definition) is 2. The number of nitrogens with one attached hydrogen (secondary N) is 1. The number of aromatic nitrogens is 1. The number of hydrogen-bond acceptors (Lipinski definition) is 3. The van der Waals surface area contributed by atoms with Crippen LogP contribution in [0.1, 0.15) is 17.4 Å². The maximum Gasteiger partial charge on any atom is 0.150 e. The van der Waals surface area contributed by atoms with Crippen molar-refractivity contribution in [2.24, 2.45) is 0 Å². The second-order valence-corrected chi connectivity index (χ2v) is 3.70. The summed E-state index contributed by atoms with van der Waals surface area (Å²) in [6.07, 6.45) is 2.67. The molecule has 0 spiro atoms. The van der Waals surface area contributed by atoms with Crippen molar-refractivity contribution in [3.8, 4) is 0 Å². The first-order valence-electron chi connectivity index (χ1n) is 5.17. The molecule has 2 rings (SSSR count). The maximum absolute atomic E-state index is 9.96. The van der Waals surface area contributed by atoms with Crippen LogP contribution in [0.5, 0.6) is 0 Å². The largest absolute Gasteiger partial charge is 0.369 e. The Hall–Kier alpha value is -1.87. The number of benzene rings is 1. The van der Waals surface area contributed by atoms with E-state index in [4.69, 9.17) is 0 Å². The average molecular weight is 214 g/mol. The molecule has 2 aromatic rings. The molecule has 0 saturated carbocycles. The molecule has 1 aromatic heterocycles. The quantitative estimate of drug-likeness (QED) is 0.771. The Morgan fingerprint density at radius 2 is 2.12 bits per heavy atom. The number of aryl methyl sites for hydroxylation is 1. The fraction of sp³-hybridized carbons (Fsp3) is 0.154. The number of aliphatic hydroxyl groups excluding tert-OH is 1. The summed E-state index contributed by atoms with van der Waals surface area (Å²) in [5, 5.41) is 12.9. The van der Waals surface area contributed by atoms with Crippen LogP contribution in [-0.2, 0) is 0 Å². The summed E-state index contributed by atoms with van der Waals surface area (Å²) in [6, 6.07) is 11.5. The Balaban J connectivity index is 2.12. The fourth-order valence-corrected chi connectivity index (χ4v) is 1.53. The van der Waals surface area contributed by atoms with Gasteiger partial charge >= 0.3 is 0 Å². The summed E-state index contributed by atoms with van der Waals surface area (Å²) in [7, 11) is 0. The van der Waals surface area contributed by atoms with E-state index in [0.29, 0.717) is 0 Å². The van der Waals surface area contributed by atoms with Crippen molar-refractivity contribution in [1.29, 1.82) is 0 Å². The van der Waals surface area contributed by atoms with Crippen LogP contribution in [0.15, 0.2) is 48.8 Å². The summed E-state index contributed by atoms with van der Waals surface area (Å²) in [5.74, 6) is 0. The predicted molar refractivity (Wildman–Crippen MR) is 64.0 cm³/mol. The molecule has 1 atom stereocenters. The van der Waals surface area contributed by atoms with Gasteiger partial charge in [-0.25, -0.2) is 0 Å². The fourth-order valence-electron chi connectivity index (χ4n) is 1.53. The zero-order valence-electron chi connectivity index (χ0n) is 9.09. The van der Waals surface area contributed by atoms with E-state index in [2.05, 4.69) is 10.3 Å². The van der Waals surface area contributed by atoms with Gasteiger partial charge in [-0.15, -0.1) is 0 Å². The number of rotatable bonds is 3. The average Bonchev–Trinajstić information content (AvgIpc) is 2.30. The molecule has 0 radical (unpaired) electrons. The van der Waals surface area contributed by atoms with Crippen LogP contribution in [0.3, 0.4) is 0 Å². The lowest BCUT2D eigenvalue weighted by Gasteiger charge is -2.14. The van der Waals surface area contributed by atoms with E-state index in [-0.39, 0.29) is 0 Å². The molecule has 0 aliphatic heterocycles. The minimum atomic E-state index is -0.705. The normalized spacial score (nSPS) is 12.1. The molecule has 2 N–H and O–H groups in total. The minimum absolute atomic E-state index is 0.705. The smallest absolute Gasteiger partial charge is 0.150 e. The Bertz CT molecular complexity index is 456. The van der Waals surface area contributed by atoms with Crippen LogP contribution in [0.25, 0.3) is 0 Å². The zero-order valence-corrected chi connectivity index (χ0v) is 9.09. The molecule has 1 heterocycles. The lowest BCUT2D eigenvalue weighted by molar-refractivity contribution is 0.208. The second kappa shape index (κ2) is 4.77. The Labute approximate surface area is 94.8 Å². The van der Waals surface area contributed by atoms with Crippen molar-refractivity contribution in [2.45, 2.75) is 13.2 Å². The standard InChI is InChI=1S/C13H14N2O/c1-10-4-2-5-11(8-10)13(16)15-12-6-3-7-14-9-12/h2-9,13,15-16H,1H3. The molecule has 0 aliphatic rings. The second-order valence-electron chi connectivity index (χ2n) is 3.70. The molecule has 0 amide bonds. The van der Waals surface area contributed by atoms with Crippen molar-refractivity contribution < 1.29 is 5.11 Å². The monoisotopic (exact) mass is 214 g/mol. The van der Waals surface area contributed by atoms with E-state index in [1.807, 2.05) is 43.3 Å². The highest BCUT2D eigenvalue weighted by molar-refractivity contribution is 5.42. The van der Waals surface area contributed by atoms with Crippen LogP contribution < -0.4 is 5.32 Å². The molecule has 3 nitrogen and oxygen atoms in total. The molecule has 1 unspecified atom stereocenters. The van der Waals surface area contributed by atoms with E-state index < -0.39 is 6.23 Å². The Morgan fingerprint density at radius 1 is 1.25 bits per heavy atom. The van der Waals surface area contributed by atoms with Crippen LogP contribution in [0.4, 0.5) is 5.69 Å². The van der Waals surface area contributed by atoms with E-state index in [9.17, 15) is 5.11 Å². The summed E-state index contributed by atoms with van der Waals surface area (Å²) in [6.45, 7) is 2.00. The Morgan fingerprint density at radius 3 is 2.81 bits per heavy atom. The van der Waals surface area contributed by atoms with Crippen LogP contribution in [0, 0.1) is 6.92 Å². The van der Waals surface area contributed by atoms with Gasteiger partial charge < -0.3 is 10.4 Å². The molecule has 0 fully saturated rings. The van der Waals surface area contributed by atoms with Crippen molar-refractivity contribution in [3.63, 3.8) is 0 Å². The van der Waals surface area contributed by atoms with Gasteiger partial charge in [0.15, 0.2) is 6.23 Å². The molecule has 82 valence electrons. The van der Waals surface area contributed by atoms with Gasteiger partial charge in [-0.2, -0.15) is 0 Å². The number of pyridine rings is 1. The van der Waals surface area contributed by atoms with Crippen molar-refractivity contribution in [2.75, 3.05) is 5.32 Å². The van der Waals surface area contributed by atoms with Gasteiger partial charge in [0.25, 0.3) is 0 Å². The van der Waals surface area contributed by atoms with E-state index in [1.165, 1.54) is 0 Å². The SMILES string of the molecule is Cc1cccc(C(O)Nc2cccnc2)c1. The Kier molecular flexibility index (Phi) is 3.17. The van der Waals surface area contributed by atoms with Gasteiger partial charge in [0.1, 0.15) is 0 Å². The molecule has 0 aliphatic carbocycles. The molecular formula is C13H14N2O. The third kappa shape index (κ3) is 2.58. The van der Waals surface area contributed by atoms with E-state index in [0.717, 1.165) is 16.8 Å². The molecule has 0 saturated heterocycles. The topological polar surface area (TPSA) is 45.1 Å². The predicted octanol–water partition coefficient (Wildman–Crippen LogP) is 2.49. The van der Waals surface area contributed by atoms with Crippen LogP contribution in [-0.4, -0.2) is 10.1 Å². The van der Waals surface area contributed by atoms with Crippen LogP contribution >= 0.6 is 0 Å². The maximum atomic E-state index is 9.96. The summed E-state index contributed by atoms with van der Waals surface area (Å²) >= 11 is 0. The molecule has 0 bridgehead atoms. The number of nitrogens with zero attached hydrogens (tertiary/aromatic N) is 1. The molecule has 16 heavy (non-hydrogen) atoms. The van der Waals surface area contributed by atoms with Gasteiger partial charge in [-0.3, -0.25) is 4.98 Å². The van der Waals surface area contributed by atoms with Crippen molar-refractivity contribution in [1.82, 2.24) is 4.98 Å². The highest BCUT2D eigenvalue weighted by Gasteiger charge is 2.06.